The molecule has 1 aliphatic heterocycles. The van der Waals surface area contributed by atoms with E-state index in [9.17, 15) is 0 Å². The molecule has 1 atom stereocenters. The lowest BCUT2D eigenvalue weighted by Gasteiger charge is -2.09. The molecule has 0 amide bonds. The molecule has 1 heterocycles. The largest absolute Gasteiger partial charge is 0.379 e. The van der Waals surface area contributed by atoms with Crippen LogP contribution >= 0.6 is 0 Å². The van der Waals surface area contributed by atoms with Crippen LogP contribution in [0.15, 0.2) is 0 Å². The summed E-state index contributed by atoms with van der Waals surface area (Å²) in [4.78, 5) is 0. The van der Waals surface area contributed by atoms with Crippen LogP contribution in [0.5, 0.6) is 0 Å². The molecule has 1 fully saturated rings. The highest BCUT2D eigenvalue weighted by molar-refractivity contribution is 4.63. The van der Waals surface area contributed by atoms with E-state index in [2.05, 4.69) is 6.92 Å². The standard InChI is InChI=1S/C15H30O2/c1-2-3-4-5-6-7-8-9-12-16-14-15-11-10-13-17-15/h15H,2-14H2,1H3. The Hall–Kier alpha value is -0.0800. The second kappa shape index (κ2) is 11.0. The van der Waals surface area contributed by atoms with Crippen LogP contribution in [0, 0.1) is 0 Å². The van der Waals surface area contributed by atoms with Crippen LogP contribution in [0.4, 0.5) is 0 Å². The first-order valence-electron chi connectivity index (χ1n) is 7.63. The number of unbranched alkanes of at least 4 members (excludes halogenated alkanes) is 7. The Morgan fingerprint density at radius 2 is 1.71 bits per heavy atom. The van der Waals surface area contributed by atoms with Crippen LogP contribution in [-0.2, 0) is 9.47 Å². The summed E-state index contributed by atoms with van der Waals surface area (Å²) in [7, 11) is 0. The predicted molar refractivity (Wildman–Crippen MR) is 72.4 cm³/mol. The second-order valence-corrected chi connectivity index (χ2v) is 5.18. The van der Waals surface area contributed by atoms with Crippen molar-refractivity contribution in [2.45, 2.75) is 77.2 Å². The van der Waals surface area contributed by atoms with Gasteiger partial charge in [-0.3, -0.25) is 0 Å². The van der Waals surface area contributed by atoms with E-state index in [1.807, 2.05) is 0 Å². The minimum absolute atomic E-state index is 0.393. The third kappa shape index (κ3) is 8.62. The average molecular weight is 242 g/mol. The predicted octanol–water partition coefficient (Wildman–Crippen LogP) is 4.32. The van der Waals surface area contributed by atoms with Gasteiger partial charge >= 0.3 is 0 Å². The Labute approximate surface area is 107 Å². The molecule has 1 unspecified atom stereocenters. The molecule has 17 heavy (non-hydrogen) atoms. The van der Waals surface area contributed by atoms with Gasteiger partial charge in [0.1, 0.15) is 0 Å². The minimum Gasteiger partial charge on any atom is -0.379 e. The van der Waals surface area contributed by atoms with Crippen molar-refractivity contribution in [2.24, 2.45) is 0 Å². The summed E-state index contributed by atoms with van der Waals surface area (Å²) in [5.41, 5.74) is 0. The van der Waals surface area contributed by atoms with Crippen molar-refractivity contribution in [1.29, 1.82) is 0 Å². The molecule has 0 aromatic heterocycles. The molecule has 0 spiro atoms. The lowest BCUT2D eigenvalue weighted by molar-refractivity contribution is 0.0161. The van der Waals surface area contributed by atoms with E-state index < -0.39 is 0 Å². The fourth-order valence-electron chi connectivity index (χ4n) is 2.33. The smallest absolute Gasteiger partial charge is 0.0809 e. The molecule has 0 aromatic carbocycles. The first-order valence-corrected chi connectivity index (χ1v) is 7.63. The molecule has 0 radical (unpaired) electrons. The summed E-state index contributed by atoms with van der Waals surface area (Å²) < 4.78 is 11.1. The van der Waals surface area contributed by atoms with Gasteiger partial charge in [-0.15, -0.1) is 0 Å². The first-order chi connectivity index (χ1) is 8.43. The molecule has 0 aliphatic carbocycles. The minimum atomic E-state index is 0.393. The highest BCUT2D eigenvalue weighted by atomic mass is 16.5. The highest BCUT2D eigenvalue weighted by Crippen LogP contribution is 2.12. The molecule has 0 aromatic rings. The van der Waals surface area contributed by atoms with Crippen molar-refractivity contribution in [3.05, 3.63) is 0 Å². The van der Waals surface area contributed by atoms with Gasteiger partial charge in [0.05, 0.1) is 12.7 Å². The fraction of sp³-hybridized carbons (Fsp3) is 1.00. The zero-order valence-corrected chi connectivity index (χ0v) is 11.6. The van der Waals surface area contributed by atoms with Crippen LogP contribution in [0.1, 0.15) is 71.1 Å². The summed E-state index contributed by atoms with van der Waals surface area (Å²) in [5.74, 6) is 0. The molecule has 102 valence electrons. The summed E-state index contributed by atoms with van der Waals surface area (Å²) in [6, 6.07) is 0. The van der Waals surface area contributed by atoms with E-state index in [0.29, 0.717) is 6.10 Å². The zero-order chi connectivity index (χ0) is 12.2. The number of hydrogen-bond acceptors (Lipinski definition) is 2. The van der Waals surface area contributed by atoms with Gasteiger partial charge in [0, 0.05) is 13.2 Å². The Morgan fingerprint density at radius 3 is 2.35 bits per heavy atom. The van der Waals surface area contributed by atoms with Crippen molar-refractivity contribution in [3.8, 4) is 0 Å². The van der Waals surface area contributed by atoms with E-state index in [1.165, 1.54) is 64.2 Å². The molecule has 2 heteroatoms. The lowest BCUT2D eigenvalue weighted by Crippen LogP contribution is -2.14. The maximum absolute atomic E-state index is 5.64. The maximum atomic E-state index is 5.64. The van der Waals surface area contributed by atoms with Crippen LogP contribution in [0.2, 0.25) is 0 Å². The third-order valence-corrected chi connectivity index (χ3v) is 3.47. The van der Waals surface area contributed by atoms with Crippen molar-refractivity contribution in [3.63, 3.8) is 0 Å². The lowest BCUT2D eigenvalue weighted by atomic mass is 10.1. The van der Waals surface area contributed by atoms with E-state index in [0.717, 1.165) is 19.8 Å². The van der Waals surface area contributed by atoms with Crippen LogP contribution in [-0.4, -0.2) is 25.9 Å². The first kappa shape index (κ1) is 15.0. The SMILES string of the molecule is CCCCCCCCCCOCC1CCCO1. The molecule has 0 saturated carbocycles. The van der Waals surface area contributed by atoms with E-state index >= 15 is 0 Å². The summed E-state index contributed by atoms with van der Waals surface area (Å²) in [5, 5.41) is 0. The Balaban J connectivity index is 1.69. The third-order valence-electron chi connectivity index (χ3n) is 3.47. The molecule has 0 N–H and O–H groups in total. The molecule has 1 rings (SSSR count). The molecular formula is C15H30O2. The molecule has 1 aliphatic rings. The van der Waals surface area contributed by atoms with E-state index in [4.69, 9.17) is 9.47 Å². The second-order valence-electron chi connectivity index (χ2n) is 5.18. The van der Waals surface area contributed by atoms with Gasteiger partial charge in [-0.05, 0) is 19.3 Å². The van der Waals surface area contributed by atoms with Gasteiger partial charge in [0.25, 0.3) is 0 Å². The Morgan fingerprint density at radius 1 is 1.00 bits per heavy atom. The van der Waals surface area contributed by atoms with Gasteiger partial charge in [-0.1, -0.05) is 51.9 Å². The highest BCUT2D eigenvalue weighted by Gasteiger charge is 2.14. The molecule has 2 nitrogen and oxygen atoms in total. The summed E-state index contributed by atoms with van der Waals surface area (Å²) >= 11 is 0. The maximum Gasteiger partial charge on any atom is 0.0809 e. The van der Waals surface area contributed by atoms with Gasteiger partial charge in [-0.25, -0.2) is 0 Å². The summed E-state index contributed by atoms with van der Waals surface area (Å²) in [6.07, 6.45) is 13.7. The Kier molecular flexibility index (Phi) is 9.72. The average Bonchev–Trinajstić information content (AvgIpc) is 2.85. The molecule has 0 bridgehead atoms. The Bertz CT molecular complexity index is 153. The van der Waals surface area contributed by atoms with Crippen molar-refractivity contribution in [2.75, 3.05) is 19.8 Å². The monoisotopic (exact) mass is 242 g/mol. The van der Waals surface area contributed by atoms with E-state index in [1.54, 1.807) is 0 Å². The van der Waals surface area contributed by atoms with Crippen molar-refractivity contribution >= 4 is 0 Å². The quantitative estimate of drug-likeness (QED) is 0.502. The van der Waals surface area contributed by atoms with Crippen LogP contribution < -0.4 is 0 Å². The van der Waals surface area contributed by atoms with Crippen LogP contribution in [0.3, 0.4) is 0 Å². The van der Waals surface area contributed by atoms with Gasteiger partial charge in [0.15, 0.2) is 0 Å². The van der Waals surface area contributed by atoms with E-state index in [-0.39, 0.29) is 0 Å². The van der Waals surface area contributed by atoms with Gasteiger partial charge < -0.3 is 9.47 Å². The zero-order valence-electron chi connectivity index (χ0n) is 11.6. The van der Waals surface area contributed by atoms with Crippen molar-refractivity contribution in [1.82, 2.24) is 0 Å². The number of ether oxygens (including phenoxy) is 2. The summed E-state index contributed by atoms with van der Waals surface area (Å²) in [6.45, 7) is 4.95. The van der Waals surface area contributed by atoms with Gasteiger partial charge in [-0.2, -0.15) is 0 Å². The normalized spacial score (nSPS) is 19.9. The fourth-order valence-corrected chi connectivity index (χ4v) is 2.33. The molecule has 1 saturated heterocycles. The number of rotatable bonds is 11. The number of hydrogen-bond donors (Lipinski definition) is 0. The van der Waals surface area contributed by atoms with Gasteiger partial charge in [0.2, 0.25) is 0 Å². The van der Waals surface area contributed by atoms with Crippen molar-refractivity contribution < 1.29 is 9.47 Å². The van der Waals surface area contributed by atoms with Crippen LogP contribution in [0.25, 0.3) is 0 Å². The topological polar surface area (TPSA) is 18.5 Å². The molecular weight excluding hydrogens is 212 g/mol.